The molecule has 0 unspecified atom stereocenters. The number of halogens is 3. The van der Waals surface area contributed by atoms with E-state index in [2.05, 4.69) is 0 Å². The molecule has 0 radical (unpaired) electrons. The number of nitrogens with zero attached hydrogens (tertiary/aromatic N) is 1. The summed E-state index contributed by atoms with van der Waals surface area (Å²) >= 11 is 11.3. The van der Waals surface area contributed by atoms with Crippen molar-refractivity contribution < 1.29 is 22.7 Å². The Bertz CT molecular complexity index is 676. The number of carbonyl (C=O) groups is 1. The molecule has 1 aromatic rings. The van der Waals surface area contributed by atoms with Crippen LogP contribution >= 0.6 is 23.2 Å². The molecule has 2 rings (SSSR count). The van der Waals surface area contributed by atoms with E-state index in [1.54, 1.807) is 0 Å². The Balaban J connectivity index is 2.39. The average molecular weight is 356 g/mol. The van der Waals surface area contributed by atoms with Crippen LogP contribution in [0.1, 0.15) is 19.3 Å². The topological polar surface area (TPSA) is 74.7 Å². The van der Waals surface area contributed by atoms with Gasteiger partial charge in [0, 0.05) is 12.6 Å². The number of sulfonamides is 1. The molecule has 0 amide bonds. The van der Waals surface area contributed by atoms with E-state index < -0.39 is 31.7 Å². The van der Waals surface area contributed by atoms with Gasteiger partial charge in [-0.05, 0) is 25.0 Å². The lowest BCUT2D eigenvalue weighted by Crippen LogP contribution is -2.35. The number of aliphatic carboxylic acids is 1. The van der Waals surface area contributed by atoms with Crippen LogP contribution in [0, 0.1) is 5.82 Å². The van der Waals surface area contributed by atoms with Crippen molar-refractivity contribution in [3.8, 4) is 0 Å². The largest absolute Gasteiger partial charge is 0.481 e. The van der Waals surface area contributed by atoms with Gasteiger partial charge >= 0.3 is 5.97 Å². The van der Waals surface area contributed by atoms with Gasteiger partial charge in [-0.15, -0.1) is 0 Å². The first kappa shape index (κ1) is 16.5. The van der Waals surface area contributed by atoms with E-state index in [4.69, 9.17) is 28.3 Å². The molecule has 116 valence electrons. The van der Waals surface area contributed by atoms with Gasteiger partial charge < -0.3 is 5.11 Å². The minimum Gasteiger partial charge on any atom is -0.481 e. The summed E-state index contributed by atoms with van der Waals surface area (Å²) < 4.78 is 39.8. The van der Waals surface area contributed by atoms with Gasteiger partial charge in [0.15, 0.2) is 5.82 Å². The van der Waals surface area contributed by atoms with Crippen LogP contribution in [0.3, 0.4) is 0 Å². The fourth-order valence-electron chi connectivity index (χ4n) is 1.90. The number of rotatable bonds is 6. The second-order valence-electron chi connectivity index (χ2n) is 4.66. The third kappa shape index (κ3) is 3.48. The van der Waals surface area contributed by atoms with Crippen LogP contribution in [0.5, 0.6) is 0 Å². The highest BCUT2D eigenvalue weighted by atomic mass is 35.5. The summed E-state index contributed by atoms with van der Waals surface area (Å²) in [5.74, 6) is -2.11. The Morgan fingerprint density at radius 2 is 2.00 bits per heavy atom. The maximum atomic E-state index is 13.7. The van der Waals surface area contributed by atoms with Crippen LogP contribution in [0.2, 0.25) is 10.0 Å². The average Bonchev–Trinajstić information content (AvgIpc) is 3.19. The number of carboxylic acid groups (broad SMARTS) is 1. The highest BCUT2D eigenvalue weighted by Gasteiger charge is 2.39. The minimum atomic E-state index is -4.06. The molecule has 1 N–H and O–H groups in total. The Morgan fingerprint density at radius 1 is 1.38 bits per heavy atom. The molecule has 0 aromatic heterocycles. The molecular weight excluding hydrogens is 344 g/mol. The third-order valence-electron chi connectivity index (χ3n) is 3.09. The smallest absolute Gasteiger partial charge is 0.304 e. The summed E-state index contributed by atoms with van der Waals surface area (Å²) in [5.41, 5.74) is 0. The lowest BCUT2D eigenvalue weighted by atomic mass is 10.3. The Kier molecular flexibility index (Phi) is 4.77. The van der Waals surface area contributed by atoms with Crippen molar-refractivity contribution in [3.05, 3.63) is 28.0 Å². The van der Waals surface area contributed by atoms with Crippen molar-refractivity contribution in [2.45, 2.75) is 30.2 Å². The summed E-state index contributed by atoms with van der Waals surface area (Å²) in [6.07, 6.45) is 0.961. The zero-order valence-electron chi connectivity index (χ0n) is 10.7. The molecule has 0 atom stereocenters. The van der Waals surface area contributed by atoms with Crippen molar-refractivity contribution in [1.29, 1.82) is 0 Å². The second kappa shape index (κ2) is 6.08. The summed E-state index contributed by atoms with van der Waals surface area (Å²) in [4.78, 5) is 10.3. The zero-order valence-corrected chi connectivity index (χ0v) is 13.1. The standard InChI is InChI=1S/C12H12Cl2FNO4S/c13-8-3-4-9(11(14)12(8)15)21(19,20)16(7-1-2-7)6-5-10(17)18/h3-4,7H,1-2,5-6H2,(H,17,18). The van der Waals surface area contributed by atoms with E-state index in [0.29, 0.717) is 12.8 Å². The number of hydrogen-bond acceptors (Lipinski definition) is 3. The van der Waals surface area contributed by atoms with Gasteiger partial charge in [0.2, 0.25) is 10.0 Å². The second-order valence-corrected chi connectivity index (χ2v) is 7.31. The van der Waals surface area contributed by atoms with Crippen molar-refractivity contribution in [2.75, 3.05) is 6.54 Å². The minimum absolute atomic E-state index is 0.178. The first-order valence-corrected chi connectivity index (χ1v) is 8.32. The molecule has 0 bridgehead atoms. The quantitative estimate of drug-likeness (QED) is 0.796. The molecule has 1 saturated carbocycles. The Morgan fingerprint density at radius 3 is 2.52 bits per heavy atom. The predicted molar refractivity (Wildman–Crippen MR) is 75.6 cm³/mol. The Labute approximate surface area is 131 Å². The van der Waals surface area contributed by atoms with Gasteiger partial charge in [0.05, 0.1) is 16.5 Å². The molecule has 0 heterocycles. The Hall–Kier alpha value is -0.890. The molecule has 9 heteroatoms. The summed E-state index contributed by atoms with van der Waals surface area (Å²) in [6, 6.07) is 1.97. The summed E-state index contributed by atoms with van der Waals surface area (Å²) in [6.45, 7) is -0.178. The number of hydrogen-bond donors (Lipinski definition) is 1. The molecule has 0 spiro atoms. The van der Waals surface area contributed by atoms with E-state index >= 15 is 0 Å². The molecule has 1 aromatic carbocycles. The van der Waals surface area contributed by atoms with E-state index in [0.717, 1.165) is 16.4 Å². The van der Waals surface area contributed by atoms with Crippen molar-refractivity contribution in [1.82, 2.24) is 4.31 Å². The number of carboxylic acids is 1. The molecule has 0 saturated heterocycles. The van der Waals surface area contributed by atoms with Crippen molar-refractivity contribution in [2.24, 2.45) is 0 Å². The van der Waals surface area contributed by atoms with Gasteiger partial charge in [-0.2, -0.15) is 4.31 Å². The van der Waals surface area contributed by atoms with Gasteiger partial charge in [0.1, 0.15) is 4.90 Å². The fourth-order valence-corrected chi connectivity index (χ4v) is 4.31. The van der Waals surface area contributed by atoms with Crippen LogP contribution in [0.15, 0.2) is 17.0 Å². The molecule has 1 aliphatic rings. The van der Waals surface area contributed by atoms with Gasteiger partial charge in [-0.1, -0.05) is 23.2 Å². The normalized spacial score (nSPS) is 15.4. The summed E-state index contributed by atoms with van der Waals surface area (Å²) in [7, 11) is -4.06. The number of benzene rings is 1. The van der Waals surface area contributed by atoms with E-state index in [1.165, 1.54) is 0 Å². The monoisotopic (exact) mass is 355 g/mol. The van der Waals surface area contributed by atoms with Crippen molar-refractivity contribution >= 4 is 39.2 Å². The first-order chi connectivity index (χ1) is 9.75. The van der Waals surface area contributed by atoms with Crippen molar-refractivity contribution in [3.63, 3.8) is 0 Å². The van der Waals surface area contributed by atoms with E-state index in [1.807, 2.05) is 0 Å². The lowest BCUT2D eigenvalue weighted by molar-refractivity contribution is -0.137. The predicted octanol–water partition coefficient (Wildman–Crippen LogP) is 2.76. The maximum Gasteiger partial charge on any atom is 0.304 e. The van der Waals surface area contributed by atoms with Crippen LogP contribution in [-0.2, 0) is 14.8 Å². The fraction of sp³-hybridized carbons (Fsp3) is 0.417. The van der Waals surface area contributed by atoms with Gasteiger partial charge in [0.25, 0.3) is 0 Å². The SMILES string of the molecule is O=C(O)CCN(C1CC1)S(=O)(=O)c1ccc(Cl)c(F)c1Cl. The van der Waals surface area contributed by atoms with E-state index in [9.17, 15) is 17.6 Å². The third-order valence-corrected chi connectivity index (χ3v) is 5.85. The van der Waals surface area contributed by atoms with Gasteiger partial charge in [-0.25, -0.2) is 12.8 Å². The van der Waals surface area contributed by atoms with Crippen LogP contribution in [0.25, 0.3) is 0 Å². The first-order valence-electron chi connectivity index (χ1n) is 6.12. The maximum absolute atomic E-state index is 13.7. The molecule has 1 fully saturated rings. The van der Waals surface area contributed by atoms with Crippen LogP contribution < -0.4 is 0 Å². The molecule has 0 aliphatic heterocycles. The van der Waals surface area contributed by atoms with Crippen LogP contribution in [0.4, 0.5) is 4.39 Å². The lowest BCUT2D eigenvalue weighted by Gasteiger charge is -2.22. The van der Waals surface area contributed by atoms with E-state index in [-0.39, 0.29) is 24.0 Å². The summed E-state index contributed by atoms with van der Waals surface area (Å²) in [5, 5.41) is 7.86. The highest BCUT2D eigenvalue weighted by Crippen LogP contribution is 2.36. The molecule has 5 nitrogen and oxygen atoms in total. The highest BCUT2D eigenvalue weighted by molar-refractivity contribution is 7.89. The molecular formula is C12H12Cl2FNO4S. The van der Waals surface area contributed by atoms with Gasteiger partial charge in [-0.3, -0.25) is 4.79 Å². The zero-order chi connectivity index (χ0) is 15.8. The molecule has 1 aliphatic carbocycles. The molecule has 21 heavy (non-hydrogen) atoms. The van der Waals surface area contributed by atoms with Crippen LogP contribution in [-0.4, -0.2) is 36.4 Å².